The van der Waals surface area contributed by atoms with Crippen LogP contribution in [0.25, 0.3) is 6.08 Å². The van der Waals surface area contributed by atoms with Gasteiger partial charge in [0, 0.05) is 6.92 Å². The lowest BCUT2D eigenvalue weighted by Gasteiger charge is -2.25. The van der Waals surface area contributed by atoms with Gasteiger partial charge in [-0.25, -0.2) is 9.79 Å². The predicted octanol–water partition coefficient (Wildman–Crippen LogP) is 3.13. The smallest absolute Gasteiger partial charge is 0.338 e. The fourth-order valence-corrected chi connectivity index (χ4v) is 5.17. The normalized spacial score (nSPS) is 15.1. The predicted molar refractivity (Wildman–Crippen MR) is 142 cm³/mol. The number of fused-ring (bicyclic) bond motifs is 1. The Kier molecular flexibility index (Phi) is 7.82. The summed E-state index contributed by atoms with van der Waals surface area (Å²) in [5.41, 5.74) is 1.86. The molecule has 0 spiro atoms. The van der Waals surface area contributed by atoms with Crippen LogP contribution in [0.15, 0.2) is 63.5 Å². The summed E-state index contributed by atoms with van der Waals surface area (Å²) < 4.78 is 23.3. The number of rotatable bonds is 7. The molecule has 0 N–H and O–H groups in total. The average Bonchev–Trinajstić information content (AvgIpc) is 3.17. The molecular weight excluding hydrogens is 508 g/mol. The van der Waals surface area contributed by atoms with Gasteiger partial charge in [0.05, 0.1) is 42.2 Å². The van der Waals surface area contributed by atoms with Crippen molar-refractivity contribution in [3.05, 3.63) is 84.5 Å². The minimum Gasteiger partial charge on any atom is -0.497 e. The number of allylic oxidation sites excluding steroid dienone is 1. The molecule has 0 bridgehead atoms. The van der Waals surface area contributed by atoms with E-state index in [2.05, 4.69) is 4.99 Å². The van der Waals surface area contributed by atoms with Crippen LogP contribution >= 0.6 is 11.3 Å². The molecule has 1 atom stereocenters. The lowest BCUT2D eigenvalue weighted by molar-refractivity contribution is -0.143. The second kappa shape index (κ2) is 11.1. The molecule has 10 heteroatoms. The molecule has 1 aromatic heterocycles. The first-order chi connectivity index (χ1) is 18.1. The lowest BCUT2D eigenvalue weighted by atomic mass is 9.96. The summed E-state index contributed by atoms with van der Waals surface area (Å²) in [4.78, 5) is 43.4. The molecule has 0 saturated heterocycles. The second-order valence-corrected chi connectivity index (χ2v) is 9.82. The van der Waals surface area contributed by atoms with Crippen LogP contribution in [0.3, 0.4) is 0 Å². The molecule has 3 aromatic rings. The molecule has 2 aromatic carbocycles. The molecule has 198 valence electrons. The van der Waals surface area contributed by atoms with Crippen LogP contribution in [0.1, 0.15) is 44.9 Å². The summed E-state index contributed by atoms with van der Waals surface area (Å²) in [7, 11) is 3.04. The van der Waals surface area contributed by atoms with Gasteiger partial charge in [-0.2, -0.15) is 0 Å². The molecule has 0 amide bonds. The number of carbonyl (C=O) groups excluding carboxylic acids is 2. The first-order valence-electron chi connectivity index (χ1n) is 11.9. The Morgan fingerprint density at radius 3 is 2.37 bits per heavy atom. The summed E-state index contributed by atoms with van der Waals surface area (Å²) in [6.07, 6.45) is 1.37. The molecular formula is C28H28N2O7S. The van der Waals surface area contributed by atoms with Gasteiger partial charge in [-0.1, -0.05) is 29.5 Å². The zero-order valence-corrected chi connectivity index (χ0v) is 22.8. The Labute approximate surface area is 223 Å². The number of carbonyl (C=O) groups is 2. The van der Waals surface area contributed by atoms with Crippen molar-refractivity contribution in [2.45, 2.75) is 39.8 Å². The largest absolute Gasteiger partial charge is 0.497 e. The van der Waals surface area contributed by atoms with Crippen molar-refractivity contribution in [3.63, 3.8) is 0 Å². The molecule has 0 fully saturated rings. The van der Waals surface area contributed by atoms with Gasteiger partial charge in [-0.15, -0.1) is 0 Å². The van der Waals surface area contributed by atoms with Crippen molar-refractivity contribution in [1.29, 1.82) is 0 Å². The van der Waals surface area contributed by atoms with Gasteiger partial charge in [-0.05, 0) is 62.2 Å². The standard InChI is InChI=1S/C28H28N2O7S/c1-15(2)36-27(33)24-16(3)29-28-30(25(24)19-8-10-20(34-5)11-9-19)26(32)23(38-28)14-18-7-12-21(37-17(4)31)22(13-18)35-6/h7-15,25H,1-6H3. The van der Waals surface area contributed by atoms with Crippen molar-refractivity contribution in [3.8, 4) is 17.2 Å². The van der Waals surface area contributed by atoms with Gasteiger partial charge in [0.1, 0.15) is 5.75 Å². The van der Waals surface area contributed by atoms with Crippen LogP contribution in [0.2, 0.25) is 0 Å². The van der Waals surface area contributed by atoms with E-state index in [1.54, 1.807) is 64.3 Å². The summed E-state index contributed by atoms with van der Waals surface area (Å²) in [5.74, 6) is 0.293. The number of benzene rings is 2. The first kappa shape index (κ1) is 26.9. The fraction of sp³-hybridized carbons (Fsp3) is 0.286. The summed E-state index contributed by atoms with van der Waals surface area (Å²) in [6.45, 7) is 6.59. The van der Waals surface area contributed by atoms with E-state index in [-0.39, 0.29) is 17.4 Å². The molecule has 0 radical (unpaired) electrons. The minimum absolute atomic E-state index is 0.280. The van der Waals surface area contributed by atoms with Crippen molar-refractivity contribution < 1.29 is 28.5 Å². The van der Waals surface area contributed by atoms with Gasteiger partial charge in [0.15, 0.2) is 16.3 Å². The van der Waals surface area contributed by atoms with E-state index < -0.39 is 18.0 Å². The molecule has 0 saturated carbocycles. The summed E-state index contributed by atoms with van der Waals surface area (Å²) in [6, 6.07) is 11.5. The number of nitrogens with zero attached hydrogens (tertiary/aromatic N) is 2. The Morgan fingerprint density at radius 1 is 1.05 bits per heavy atom. The van der Waals surface area contributed by atoms with Crippen LogP contribution in [-0.4, -0.2) is 36.8 Å². The van der Waals surface area contributed by atoms with Crippen LogP contribution in [0.4, 0.5) is 0 Å². The zero-order valence-electron chi connectivity index (χ0n) is 21.9. The molecule has 2 heterocycles. The van der Waals surface area contributed by atoms with Crippen molar-refractivity contribution >= 4 is 29.4 Å². The van der Waals surface area contributed by atoms with E-state index in [1.165, 1.54) is 29.9 Å². The van der Waals surface area contributed by atoms with Crippen molar-refractivity contribution in [2.75, 3.05) is 14.2 Å². The Hall–Kier alpha value is -4.18. The Bertz CT molecular complexity index is 1600. The molecule has 4 rings (SSSR count). The highest BCUT2D eigenvalue weighted by atomic mass is 32.1. The lowest BCUT2D eigenvalue weighted by Crippen LogP contribution is -2.40. The maximum Gasteiger partial charge on any atom is 0.338 e. The van der Waals surface area contributed by atoms with E-state index in [1.807, 2.05) is 12.1 Å². The van der Waals surface area contributed by atoms with E-state index in [0.717, 1.165) is 5.56 Å². The molecule has 38 heavy (non-hydrogen) atoms. The van der Waals surface area contributed by atoms with Crippen molar-refractivity contribution in [2.24, 2.45) is 4.99 Å². The number of ether oxygens (including phenoxy) is 4. The van der Waals surface area contributed by atoms with Crippen LogP contribution in [-0.2, 0) is 14.3 Å². The average molecular weight is 537 g/mol. The molecule has 1 aliphatic heterocycles. The van der Waals surface area contributed by atoms with Gasteiger partial charge >= 0.3 is 11.9 Å². The number of methoxy groups -OCH3 is 2. The third kappa shape index (κ3) is 5.40. The number of thiazole rings is 1. The second-order valence-electron chi connectivity index (χ2n) is 8.81. The molecule has 0 aliphatic carbocycles. The zero-order chi connectivity index (χ0) is 27.6. The number of esters is 2. The monoisotopic (exact) mass is 536 g/mol. The highest BCUT2D eigenvalue weighted by Gasteiger charge is 2.33. The van der Waals surface area contributed by atoms with E-state index in [9.17, 15) is 14.4 Å². The highest BCUT2D eigenvalue weighted by Crippen LogP contribution is 2.32. The van der Waals surface area contributed by atoms with Gasteiger partial charge in [0.2, 0.25) is 0 Å². The van der Waals surface area contributed by atoms with Crippen LogP contribution in [0, 0.1) is 0 Å². The number of aromatic nitrogens is 1. The number of hydrogen-bond acceptors (Lipinski definition) is 9. The third-order valence-corrected chi connectivity index (χ3v) is 6.74. The maximum absolute atomic E-state index is 13.8. The SMILES string of the molecule is COc1ccc(C2C(C(=O)OC(C)C)=C(C)N=c3sc(=Cc4ccc(OC(C)=O)c(OC)c4)c(=O)n32)cc1. The Balaban J connectivity index is 1.88. The van der Waals surface area contributed by atoms with Crippen LogP contribution < -0.4 is 29.1 Å². The van der Waals surface area contributed by atoms with Crippen molar-refractivity contribution in [1.82, 2.24) is 4.57 Å². The number of hydrogen-bond donors (Lipinski definition) is 0. The highest BCUT2D eigenvalue weighted by molar-refractivity contribution is 7.07. The van der Waals surface area contributed by atoms with E-state index in [0.29, 0.717) is 37.7 Å². The third-order valence-electron chi connectivity index (χ3n) is 5.76. The first-order valence-corrected chi connectivity index (χ1v) is 12.7. The van der Waals surface area contributed by atoms with E-state index in [4.69, 9.17) is 18.9 Å². The molecule has 1 aliphatic rings. The molecule has 9 nitrogen and oxygen atoms in total. The van der Waals surface area contributed by atoms with Crippen LogP contribution in [0.5, 0.6) is 17.2 Å². The quantitative estimate of drug-likeness (QED) is 0.337. The maximum atomic E-state index is 13.8. The topological polar surface area (TPSA) is 105 Å². The molecule has 1 unspecified atom stereocenters. The summed E-state index contributed by atoms with van der Waals surface area (Å²) in [5, 5.41) is 0. The van der Waals surface area contributed by atoms with E-state index >= 15 is 0 Å². The summed E-state index contributed by atoms with van der Waals surface area (Å²) >= 11 is 1.21. The fourth-order valence-electron chi connectivity index (χ4n) is 4.13. The van der Waals surface area contributed by atoms with Gasteiger partial charge in [0.25, 0.3) is 5.56 Å². The van der Waals surface area contributed by atoms with Gasteiger partial charge < -0.3 is 18.9 Å². The minimum atomic E-state index is -0.730. The van der Waals surface area contributed by atoms with Gasteiger partial charge in [-0.3, -0.25) is 14.2 Å². The Morgan fingerprint density at radius 2 is 1.76 bits per heavy atom.